The van der Waals surface area contributed by atoms with Crippen LogP contribution in [0.1, 0.15) is 39.0 Å². The van der Waals surface area contributed by atoms with Gasteiger partial charge in [0.15, 0.2) is 0 Å². The maximum absolute atomic E-state index is 12.4. The highest BCUT2D eigenvalue weighted by atomic mass is 16.5. The molecule has 2 saturated heterocycles. The van der Waals surface area contributed by atoms with Gasteiger partial charge in [0, 0.05) is 19.2 Å². The zero-order valence-corrected chi connectivity index (χ0v) is 12.2. The molecule has 0 spiro atoms. The molecule has 2 amide bonds. The molecule has 2 bridgehead atoms. The number of nitrogens with one attached hydrogen (secondary N) is 1. The van der Waals surface area contributed by atoms with Crippen molar-refractivity contribution in [1.29, 1.82) is 0 Å². The summed E-state index contributed by atoms with van der Waals surface area (Å²) in [6.45, 7) is 2.56. The molecule has 2 aliphatic rings. The van der Waals surface area contributed by atoms with Gasteiger partial charge in [-0.2, -0.15) is 0 Å². The third-order valence-corrected chi connectivity index (χ3v) is 4.42. The molecule has 4 atom stereocenters. The molecular weight excluding hydrogens is 260 g/mol. The van der Waals surface area contributed by atoms with Gasteiger partial charge in [0.1, 0.15) is 0 Å². The SMILES string of the molecule is CCCC(COC)NC(=O)N1C2CCC1C(C(=O)O)C2. The second-order valence-electron chi connectivity index (χ2n) is 5.78. The van der Waals surface area contributed by atoms with Gasteiger partial charge < -0.3 is 20.1 Å². The molecule has 4 unspecified atom stereocenters. The van der Waals surface area contributed by atoms with E-state index in [-0.39, 0.29) is 24.2 Å². The quantitative estimate of drug-likeness (QED) is 0.773. The van der Waals surface area contributed by atoms with Gasteiger partial charge in [-0.1, -0.05) is 13.3 Å². The first-order chi connectivity index (χ1) is 9.58. The Morgan fingerprint density at radius 3 is 2.75 bits per heavy atom. The average Bonchev–Trinajstić information content (AvgIpc) is 2.96. The highest BCUT2D eigenvalue weighted by Crippen LogP contribution is 2.41. The number of nitrogens with zero attached hydrogens (tertiary/aromatic N) is 1. The summed E-state index contributed by atoms with van der Waals surface area (Å²) in [6, 6.07) is -0.175. The van der Waals surface area contributed by atoms with Crippen LogP contribution in [0.5, 0.6) is 0 Å². The van der Waals surface area contributed by atoms with Crippen LogP contribution in [0.15, 0.2) is 0 Å². The van der Waals surface area contributed by atoms with Crippen LogP contribution >= 0.6 is 0 Å². The Kier molecular flexibility index (Phi) is 4.86. The van der Waals surface area contributed by atoms with Crippen LogP contribution in [-0.2, 0) is 9.53 Å². The highest BCUT2D eigenvalue weighted by Gasteiger charge is 2.51. The first-order valence-corrected chi connectivity index (χ1v) is 7.39. The van der Waals surface area contributed by atoms with Crippen molar-refractivity contribution in [3.05, 3.63) is 0 Å². The van der Waals surface area contributed by atoms with Crippen LogP contribution in [-0.4, -0.2) is 53.8 Å². The lowest BCUT2D eigenvalue weighted by molar-refractivity contribution is -0.142. The van der Waals surface area contributed by atoms with Gasteiger partial charge in [0.25, 0.3) is 0 Å². The molecule has 0 aromatic heterocycles. The van der Waals surface area contributed by atoms with Gasteiger partial charge in [-0.05, 0) is 25.7 Å². The van der Waals surface area contributed by atoms with Crippen molar-refractivity contribution in [1.82, 2.24) is 10.2 Å². The fourth-order valence-corrected chi connectivity index (χ4v) is 3.57. The molecule has 2 N–H and O–H groups in total. The number of aliphatic carboxylic acids is 1. The Morgan fingerprint density at radius 2 is 2.20 bits per heavy atom. The number of urea groups is 1. The van der Waals surface area contributed by atoms with Crippen molar-refractivity contribution in [2.24, 2.45) is 5.92 Å². The molecular formula is C14H24N2O4. The van der Waals surface area contributed by atoms with Crippen LogP contribution in [0.4, 0.5) is 4.79 Å². The van der Waals surface area contributed by atoms with Gasteiger partial charge >= 0.3 is 12.0 Å². The molecule has 0 saturated carbocycles. The second kappa shape index (κ2) is 6.43. The van der Waals surface area contributed by atoms with Crippen LogP contribution in [0.25, 0.3) is 0 Å². The van der Waals surface area contributed by atoms with E-state index < -0.39 is 11.9 Å². The van der Waals surface area contributed by atoms with E-state index in [1.807, 2.05) is 0 Å². The van der Waals surface area contributed by atoms with E-state index in [1.165, 1.54) is 0 Å². The van der Waals surface area contributed by atoms with Crippen molar-refractivity contribution in [2.75, 3.05) is 13.7 Å². The Hall–Kier alpha value is -1.30. The van der Waals surface area contributed by atoms with Gasteiger partial charge in [-0.3, -0.25) is 4.79 Å². The minimum Gasteiger partial charge on any atom is -0.481 e. The van der Waals surface area contributed by atoms with Crippen molar-refractivity contribution in [3.8, 4) is 0 Å². The molecule has 2 aliphatic heterocycles. The number of ether oxygens (including phenoxy) is 1. The number of methoxy groups -OCH3 is 1. The molecule has 2 fully saturated rings. The second-order valence-corrected chi connectivity index (χ2v) is 5.78. The Labute approximate surface area is 119 Å². The Balaban J connectivity index is 1.97. The lowest BCUT2D eigenvalue weighted by atomic mass is 9.89. The van der Waals surface area contributed by atoms with Crippen molar-refractivity contribution in [2.45, 2.75) is 57.2 Å². The number of hydrogen-bond donors (Lipinski definition) is 2. The standard InChI is InChI=1S/C14H24N2O4/c1-3-4-9(8-20-2)15-14(19)16-10-5-6-12(16)11(7-10)13(17)18/h9-12H,3-8H2,1-2H3,(H,15,19)(H,17,18). The highest BCUT2D eigenvalue weighted by molar-refractivity contribution is 5.79. The normalized spacial score (nSPS) is 29.5. The largest absolute Gasteiger partial charge is 0.481 e. The molecule has 2 heterocycles. The van der Waals surface area contributed by atoms with Crippen LogP contribution in [0, 0.1) is 5.92 Å². The summed E-state index contributed by atoms with van der Waals surface area (Å²) in [6.07, 6.45) is 4.16. The van der Waals surface area contributed by atoms with Gasteiger partial charge in [0.2, 0.25) is 0 Å². The van der Waals surface area contributed by atoms with E-state index in [9.17, 15) is 14.7 Å². The topological polar surface area (TPSA) is 78.9 Å². The minimum absolute atomic E-state index is 0.000720. The summed E-state index contributed by atoms with van der Waals surface area (Å²) in [4.78, 5) is 25.4. The predicted molar refractivity (Wildman–Crippen MR) is 73.5 cm³/mol. The summed E-state index contributed by atoms with van der Waals surface area (Å²) in [5.41, 5.74) is 0. The summed E-state index contributed by atoms with van der Waals surface area (Å²) in [5.74, 6) is -1.18. The zero-order chi connectivity index (χ0) is 14.7. The third kappa shape index (κ3) is 2.90. The maximum atomic E-state index is 12.4. The molecule has 6 heteroatoms. The summed E-state index contributed by atoms with van der Waals surface area (Å²) in [5, 5.41) is 12.2. The van der Waals surface area contributed by atoms with Crippen LogP contribution in [0.2, 0.25) is 0 Å². The van der Waals surface area contributed by atoms with E-state index in [0.717, 1.165) is 25.7 Å². The fourth-order valence-electron chi connectivity index (χ4n) is 3.57. The van der Waals surface area contributed by atoms with Gasteiger partial charge in [0.05, 0.1) is 18.6 Å². The predicted octanol–water partition coefficient (Wildman–Crippen LogP) is 1.45. The van der Waals surface area contributed by atoms with E-state index in [2.05, 4.69) is 12.2 Å². The molecule has 0 aromatic rings. The van der Waals surface area contributed by atoms with Crippen LogP contribution in [0.3, 0.4) is 0 Å². The summed E-state index contributed by atoms with van der Waals surface area (Å²) < 4.78 is 5.12. The lowest BCUT2D eigenvalue weighted by Gasteiger charge is -2.26. The van der Waals surface area contributed by atoms with Gasteiger partial charge in [-0.25, -0.2) is 4.79 Å². The van der Waals surface area contributed by atoms with Crippen molar-refractivity contribution < 1.29 is 19.4 Å². The summed E-state index contributed by atoms with van der Waals surface area (Å²) >= 11 is 0. The molecule has 114 valence electrons. The van der Waals surface area contributed by atoms with E-state index >= 15 is 0 Å². The van der Waals surface area contributed by atoms with E-state index in [1.54, 1.807) is 12.0 Å². The summed E-state index contributed by atoms with van der Waals surface area (Å²) in [7, 11) is 1.62. The number of carbonyl (C=O) groups excluding carboxylic acids is 1. The molecule has 0 radical (unpaired) electrons. The van der Waals surface area contributed by atoms with E-state index in [4.69, 9.17) is 4.74 Å². The van der Waals surface area contributed by atoms with Crippen molar-refractivity contribution >= 4 is 12.0 Å². The third-order valence-electron chi connectivity index (χ3n) is 4.42. The first kappa shape index (κ1) is 15.1. The fraction of sp³-hybridized carbons (Fsp3) is 0.857. The molecule has 6 nitrogen and oxygen atoms in total. The number of carbonyl (C=O) groups is 2. The average molecular weight is 284 g/mol. The number of hydrogen-bond acceptors (Lipinski definition) is 3. The Morgan fingerprint density at radius 1 is 1.45 bits per heavy atom. The number of amides is 2. The molecule has 2 rings (SSSR count). The van der Waals surface area contributed by atoms with Crippen LogP contribution < -0.4 is 5.32 Å². The number of carboxylic acid groups (broad SMARTS) is 1. The van der Waals surface area contributed by atoms with Gasteiger partial charge in [-0.15, -0.1) is 0 Å². The first-order valence-electron chi connectivity index (χ1n) is 7.39. The zero-order valence-electron chi connectivity index (χ0n) is 12.2. The molecule has 20 heavy (non-hydrogen) atoms. The van der Waals surface area contributed by atoms with Crippen molar-refractivity contribution in [3.63, 3.8) is 0 Å². The lowest BCUT2D eigenvalue weighted by Crippen LogP contribution is -2.49. The molecule has 0 aliphatic carbocycles. The molecule has 0 aromatic carbocycles. The number of carboxylic acids is 1. The monoisotopic (exact) mass is 284 g/mol. The van der Waals surface area contributed by atoms with E-state index in [0.29, 0.717) is 13.0 Å². The number of rotatable bonds is 6. The number of fused-ring (bicyclic) bond motifs is 2. The minimum atomic E-state index is -0.781. The Bertz CT molecular complexity index is 368. The smallest absolute Gasteiger partial charge is 0.318 e. The maximum Gasteiger partial charge on any atom is 0.318 e.